The highest BCUT2D eigenvalue weighted by molar-refractivity contribution is 8.01. The molecule has 3 heterocycles. The number of aromatic nitrogens is 2. The number of nitrogens with one attached hydrogen (secondary N) is 1. The zero-order valence-electron chi connectivity index (χ0n) is 16.6. The van der Waals surface area contributed by atoms with Gasteiger partial charge in [0.1, 0.15) is 11.7 Å². The van der Waals surface area contributed by atoms with Crippen LogP contribution >= 0.6 is 23.4 Å². The molecule has 0 spiro atoms. The number of hydrogen-bond acceptors (Lipinski definition) is 8. The summed E-state index contributed by atoms with van der Waals surface area (Å²) in [5, 5.41) is 32.0. The third kappa shape index (κ3) is 3.75. The van der Waals surface area contributed by atoms with E-state index in [4.69, 9.17) is 11.6 Å². The average molecular weight is 480 g/mol. The van der Waals surface area contributed by atoms with Gasteiger partial charge < -0.3 is 24.8 Å². The van der Waals surface area contributed by atoms with Crippen LogP contribution < -0.4 is 5.43 Å². The van der Waals surface area contributed by atoms with Crippen molar-refractivity contribution in [3.63, 3.8) is 0 Å². The number of carboxylic acids is 1. The summed E-state index contributed by atoms with van der Waals surface area (Å²) in [6, 6.07) is 1.44. The minimum Gasteiger partial charge on any atom is -0.504 e. The van der Waals surface area contributed by atoms with E-state index in [-0.39, 0.29) is 21.9 Å². The first-order chi connectivity index (χ1) is 15.1. The quantitative estimate of drug-likeness (QED) is 0.208. The summed E-state index contributed by atoms with van der Waals surface area (Å²) < 4.78 is 0.973. The first-order valence-corrected chi connectivity index (χ1v) is 10.6. The number of carbonyl (C=O) groups is 3. The van der Waals surface area contributed by atoms with Gasteiger partial charge in [-0.25, -0.2) is 15.2 Å². The smallest absolute Gasteiger partial charge is 0.327 e. The zero-order chi connectivity index (χ0) is 23.2. The van der Waals surface area contributed by atoms with E-state index < -0.39 is 34.2 Å². The summed E-state index contributed by atoms with van der Waals surface area (Å²) in [5.41, 5.74) is 2.58. The number of phenolic OH excluding ortho intramolecular Hbond substituents is 2. The number of halogens is 1. The molecule has 0 unspecified atom stereocenters. The van der Waals surface area contributed by atoms with Crippen LogP contribution in [0.15, 0.2) is 29.8 Å². The van der Waals surface area contributed by atoms with E-state index in [1.807, 2.05) is 6.92 Å². The van der Waals surface area contributed by atoms with Gasteiger partial charge >= 0.3 is 5.97 Å². The Morgan fingerprint density at radius 1 is 1.44 bits per heavy atom. The molecule has 2 amide bonds. The second-order valence-electron chi connectivity index (χ2n) is 7.60. The van der Waals surface area contributed by atoms with Crippen molar-refractivity contribution in [2.24, 2.45) is 5.10 Å². The highest BCUT2D eigenvalue weighted by atomic mass is 35.5. The molecule has 168 valence electrons. The molecule has 0 saturated carbocycles. The second kappa shape index (κ2) is 8.02. The number of nitrogens with zero attached hydrogens (tertiary/aromatic N) is 4. The normalized spacial score (nSPS) is 24.4. The minimum absolute atomic E-state index is 0.0743. The maximum Gasteiger partial charge on any atom is 0.327 e. The fraction of sp³-hybridized carbons (Fsp3) is 0.316. The van der Waals surface area contributed by atoms with Crippen LogP contribution in [0.25, 0.3) is 0 Å². The van der Waals surface area contributed by atoms with Crippen molar-refractivity contribution in [1.82, 2.24) is 19.9 Å². The molecular weight excluding hydrogens is 462 g/mol. The fourth-order valence-corrected chi connectivity index (χ4v) is 5.84. The second-order valence-corrected chi connectivity index (χ2v) is 9.69. The Hall–Kier alpha value is -3.25. The number of aromatic hydroxyl groups is 2. The SMILES string of the molecule is C[C@@]1(Cn2cnc(/C=N/NC(=O)c3ccc(O)c(O)c3Cl)c2)S[C@@H]2CC(=O)N2[C@H]1C(=O)O. The fourth-order valence-electron chi connectivity index (χ4n) is 3.82. The first-order valence-electron chi connectivity index (χ1n) is 9.38. The van der Waals surface area contributed by atoms with E-state index in [1.165, 1.54) is 35.3 Å². The molecule has 2 saturated heterocycles. The van der Waals surface area contributed by atoms with E-state index in [9.17, 15) is 29.7 Å². The van der Waals surface area contributed by atoms with Crippen LogP contribution in [0.5, 0.6) is 11.5 Å². The summed E-state index contributed by atoms with van der Waals surface area (Å²) in [5.74, 6) is -2.95. The van der Waals surface area contributed by atoms with Gasteiger partial charge in [0.15, 0.2) is 11.5 Å². The Bertz CT molecular complexity index is 1150. The molecule has 0 aliphatic carbocycles. The minimum atomic E-state index is -1.04. The lowest BCUT2D eigenvalue weighted by Gasteiger charge is -2.37. The molecule has 1 aromatic heterocycles. The average Bonchev–Trinajstić information content (AvgIpc) is 3.25. The number of benzene rings is 1. The molecule has 4 rings (SSSR count). The molecule has 11 nitrogen and oxygen atoms in total. The molecule has 0 bridgehead atoms. The third-order valence-corrected chi connectivity index (χ3v) is 7.23. The molecule has 2 fully saturated rings. The summed E-state index contributed by atoms with van der Waals surface area (Å²) in [6.07, 6.45) is 4.78. The number of fused-ring (bicyclic) bond motifs is 1. The van der Waals surface area contributed by atoms with E-state index in [1.54, 1.807) is 10.8 Å². The number of amides is 2. The monoisotopic (exact) mass is 479 g/mol. The molecule has 32 heavy (non-hydrogen) atoms. The van der Waals surface area contributed by atoms with Crippen LogP contribution in [0.2, 0.25) is 5.02 Å². The number of hydrogen-bond donors (Lipinski definition) is 4. The lowest BCUT2D eigenvalue weighted by molar-refractivity contribution is -0.157. The van der Waals surface area contributed by atoms with Crippen LogP contribution in [0.4, 0.5) is 0 Å². The molecule has 1 aromatic carbocycles. The number of hydrazone groups is 1. The van der Waals surface area contributed by atoms with Crippen LogP contribution in [-0.2, 0) is 16.1 Å². The van der Waals surface area contributed by atoms with Gasteiger partial charge in [-0.3, -0.25) is 9.59 Å². The van der Waals surface area contributed by atoms with Gasteiger partial charge in [0.25, 0.3) is 5.91 Å². The molecule has 2 aromatic rings. The van der Waals surface area contributed by atoms with E-state index >= 15 is 0 Å². The third-order valence-electron chi connectivity index (χ3n) is 5.30. The number of imidazole rings is 1. The van der Waals surface area contributed by atoms with Crippen LogP contribution in [-0.4, -0.2) is 69.9 Å². The van der Waals surface area contributed by atoms with Crippen molar-refractivity contribution in [3.05, 3.63) is 40.9 Å². The van der Waals surface area contributed by atoms with Crippen LogP contribution in [0.3, 0.4) is 0 Å². The molecule has 2 aliphatic rings. The number of β-lactam (4-membered cyclic amide) rings is 1. The molecular formula is C19H18ClN5O6S. The van der Waals surface area contributed by atoms with Crippen molar-refractivity contribution >= 4 is 47.4 Å². The Kier molecular flexibility index (Phi) is 5.51. The lowest BCUT2D eigenvalue weighted by Crippen LogP contribution is -2.57. The van der Waals surface area contributed by atoms with Gasteiger partial charge in [-0.1, -0.05) is 11.6 Å². The first kappa shape index (κ1) is 22.0. The maximum absolute atomic E-state index is 12.2. The van der Waals surface area contributed by atoms with E-state index in [0.717, 1.165) is 6.07 Å². The summed E-state index contributed by atoms with van der Waals surface area (Å²) >= 11 is 7.31. The topological polar surface area (TPSA) is 157 Å². The van der Waals surface area contributed by atoms with Crippen molar-refractivity contribution in [2.45, 2.75) is 36.1 Å². The van der Waals surface area contributed by atoms with Crippen LogP contribution in [0.1, 0.15) is 29.4 Å². The molecule has 13 heteroatoms. The van der Waals surface area contributed by atoms with Crippen molar-refractivity contribution in [3.8, 4) is 11.5 Å². The van der Waals surface area contributed by atoms with Crippen molar-refractivity contribution < 1.29 is 29.7 Å². The van der Waals surface area contributed by atoms with E-state index in [2.05, 4.69) is 15.5 Å². The highest BCUT2D eigenvalue weighted by Crippen LogP contribution is 2.51. The Balaban J connectivity index is 1.42. The molecule has 0 radical (unpaired) electrons. The summed E-state index contributed by atoms with van der Waals surface area (Å²) in [6.45, 7) is 2.12. The zero-order valence-corrected chi connectivity index (χ0v) is 18.2. The summed E-state index contributed by atoms with van der Waals surface area (Å²) in [4.78, 5) is 41.4. The van der Waals surface area contributed by atoms with Gasteiger partial charge in [-0.05, 0) is 19.1 Å². The number of thioether (sulfide) groups is 1. The maximum atomic E-state index is 12.2. The van der Waals surface area contributed by atoms with E-state index in [0.29, 0.717) is 18.7 Å². The summed E-state index contributed by atoms with van der Waals surface area (Å²) in [7, 11) is 0. The number of rotatable bonds is 6. The highest BCUT2D eigenvalue weighted by Gasteiger charge is 2.60. The van der Waals surface area contributed by atoms with Crippen LogP contribution in [0, 0.1) is 0 Å². The number of carboxylic acid groups (broad SMARTS) is 1. The lowest BCUT2D eigenvalue weighted by atomic mass is 9.96. The Labute approximate surface area is 190 Å². The Morgan fingerprint density at radius 2 is 2.19 bits per heavy atom. The molecule has 2 aliphatic heterocycles. The van der Waals surface area contributed by atoms with Gasteiger partial charge in [0.2, 0.25) is 5.91 Å². The van der Waals surface area contributed by atoms with Crippen molar-refractivity contribution in [1.29, 1.82) is 0 Å². The van der Waals surface area contributed by atoms with Gasteiger partial charge in [0, 0.05) is 12.7 Å². The largest absolute Gasteiger partial charge is 0.504 e. The number of aliphatic carboxylic acids is 1. The predicted molar refractivity (Wildman–Crippen MR) is 115 cm³/mol. The molecule has 3 atom stereocenters. The predicted octanol–water partition coefficient (Wildman–Crippen LogP) is 1.23. The Morgan fingerprint density at radius 3 is 2.88 bits per heavy atom. The number of carbonyl (C=O) groups excluding carboxylic acids is 2. The van der Waals surface area contributed by atoms with Gasteiger partial charge in [-0.2, -0.15) is 5.10 Å². The number of phenols is 2. The van der Waals surface area contributed by atoms with Crippen molar-refractivity contribution in [2.75, 3.05) is 0 Å². The van der Waals surface area contributed by atoms with Gasteiger partial charge in [0.05, 0.1) is 39.7 Å². The van der Waals surface area contributed by atoms with Gasteiger partial charge in [-0.15, -0.1) is 11.8 Å². The standard InChI is InChI=1S/C19H18ClN5O6S/c1-19(16(18(30)31)25-12(27)4-13(25)32-19)7-24-6-9(21-8-24)5-22-23-17(29)10-2-3-11(26)15(28)14(10)20/h2-3,5-6,8,13,16,26,28H,4,7H2,1H3,(H,23,29)(H,30,31)/b22-5+/t13-,16+,19+/m1/s1. The molecule has 4 N–H and O–H groups in total.